The number of hydrogen-bond acceptors (Lipinski definition) is 3. The van der Waals surface area contributed by atoms with Crippen molar-refractivity contribution in [3.8, 4) is 0 Å². The molecule has 0 spiro atoms. The molecule has 0 bridgehead atoms. The molecule has 1 rings (SSSR count). The summed E-state index contributed by atoms with van der Waals surface area (Å²) in [5.41, 5.74) is 0.780. The Morgan fingerprint density at radius 2 is 1.57 bits per heavy atom. The molecule has 0 unspecified atom stereocenters. The molecule has 0 aromatic carbocycles. The van der Waals surface area contributed by atoms with Crippen molar-refractivity contribution < 1.29 is 13.7 Å². The summed E-state index contributed by atoms with van der Waals surface area (Å²) in [7, 11) is -1.85. The number of rotatable bonds is 6. The summed E-state index contributed by atoms with van der Waals surface area (Å²) < 4.78 is 18.3. The molecule has 0 radical (unpaired) electrons. The van der Waals surface area contributed by atoms with Gasteiger partial charge in [0.1, 0.15) is 0 Å². The van der Waals surface area contributed by atoms with Gasteiger partial charge in [-0.15, -0.1) is 0 Å². The Hall–Kier alpha value is -0.0982. The summed E-state index contributed by atoms with van der Waals surface area (Å²) >= 11 is 0. The molecule has 5 heteroatoms. The molecule has 3 nitrogen and oxygen atoms in total. The van der Waals surface area contributed by atoms with Gasteiger partial charge in [-0.05, 0) is 65.6 Å². The average molecular weight is 340 g/mol. The van der Waals surface area contributed by atoms with Gasteiger partial charge in [-0.25, -0.2) is 0 Å². The number of hydrogen-bond donors (Lipinski definition) is 0. The van der Waals surface area contributed by atoms with E-state index in [9.17, 15) is 0 Å². The average Bonchev–Trinajstić information content (AvgIpc) is 2.51. The van der Waals surface area contributed by atoms with Crippen molar-refractivity contribution in [3.05, 3.63) is 11.5 Å². The third-order valence-corrected chi connectivity index (χ3v) is 10.2. The summed E-state index contributed by atoms with van der Waals surface area (Å²) in [6.07, 6.45) is 2.08. The van der Waals surface area contributed by atoms with Gasteiger partial charge in [0.25, 0.3) is 0 Å². The highest BCUT2D eigenvalue weighted by atomic mass is 28.4. The molecule has 0 aliphatic carbocycles. The first kappa shape index (κ1) is 20.9. The van der Waals surface area contributed by atoms with Crippen LogP contribution in [0.25, 0.3) is 0 Å². The molecule has 0 N–H and O–H groups in total. The lowest BCUT2D eigenvalue weighted by molar-refractivity contribution is 0.00578. The fraction of sp³-hybridized carbons (Fsp3) is 0.889. The molecule has 0 amide bonds. The molecule has 134 valence electrons. The predicted octanol–water partition coefficient (Wildman–Crippen LogP) is 5.37. The van der Waals surface area contributed by atoms with E-state index in [2.05, 4.69) is 74.5 Å². The van der Waals surface area contributed by atoms with E-state index >= 15 is 0 Å². The van der Waals surface area contributed by atoms with Crippen LogP contribution in [0.5, 0.6) is 0 Å². The Bertz CT molecular complexity index is 420. The minimum atomic E-state index is -1.62. The molecule has 0 atom stereocenters. The molecule has 0 saturated carbocycles. The van der Waals surface area contributed by atoms with Gasteiger partial charge in [-0.3, -0.25) is 0 Å². The van der Waals surface area contributed by atoms with Crippen LogP contribution in [0.2, 0.25) is 18.1 Å². The van der Waals surface area contributed by atoms with Gasteiger partial charge in [-0.2, -0.15) is 0 Å². The first-order valence-electron chi connectivity index (χ1n) is 8.85. The van der Waals surface area contributed by atoms with Gasteiger partial charge < -0.3 is 13.7 Å². The SMILES string of the molecule is C/C(=C\B1OC(C)(C)C(C)(C)O1)CCCO[Si](C)(C)C(C)(C)C. The van der Waals surface area contributed by atoms with Crippen molar-refractivity contribution in [3.63, 3.8) is 0 Å². The van der Waals surface area contributed by atoms with Crippen LogP contribution in [0.1, 0.15) is 68.2 Å². The van der Waals surface area contributed by atoms with Crippen LogP contribution in [0, 0.1) is 0 Å². The van der Waals surface area contributed by atoms with Crippen LogP contribution in [0.15, 0.2) is 11.5 Å². The van der Waals surface area contributed by atoms with Crippen molar-refractivity contribution in [2.75, 3.05) is 6.61 Å². The Kier molecular flexibility index (Phi) is 6.40. The van der Waals surface area contributed by atoms with E-state index in [1.165, 1.54) is 5.57 Å². The lowest BCUT2D eigenvalue weighted by Gasteiger charge is -2.36. The zero-order valence-corrected chi connectivity index (χ0v) is 18.0. The molecular weight excluding hydrogens is 303 g/mol. The third-order valence-electron chi connectivity index (χ3n) is 5.68. The molecule has 1 aliphatic heterocycles. The zero-order chi connectivity index (χ0) is 18.1. The van der Waals surface area contributed by atoms with Crippen LogP contribution in [-0.4, -0.2) is 33.2 Å². The van der Waals surface area contributed by atoms with Crippen molar-refractivity contribution >= 4 is 15.4 Å². The van der Waals surface area contributed by atoms with Crippen LogP contribution < -0.4 is 0 Å². The van der Waals surface area contributed by atoms with Crippen LogP contribution in [0.3, 0.4) is 0 Å². The van der Waals surface area contributed by atoms with E-state index in [0.717, 1.165) is 19.4 Å². The first-order chi connectivity index (χ1) is 10.2. The summed E-state index contributed by atoms with van der Waals surface area (Å²) in [6.45, 7) is 22.8. The Morgan fingerprint density at radius 3 is 2.00 bits per heavy atom. The van der Waals surface area contributed by atoms with Crippen molar-refractivity contribution in [2.45, 2.75) is 97.6 Å². The fourth-order valence-electron chi connectivity index (χ4n) is 2.17. The van der Waals surface area contributed by atoms with E-state index in [0.29, 0.717) is 0 Å². The van der Waals surface area contributed by atoms with Gasteiger partial charge >= 0.3 is 7.12 Å². The molecule has 0 aromatic rings. The van der Waals surface area contributed by atoms with E-state index in [1.807, 2.05) is 0 Å². The van der Waals surface area contributed by atoms with E-state index in [-0.39, 0.29) is 23.4 Å². The van der Waals surface area contributed by atoms with Crippen molar-refractivity contribution in [1.29, 1.82) is 0 Å². The van der Waals surface area contributed by atoms with Crippen molar-refractivity contribution in [1.82, 2.24) is 0 Å². The first-order valence-corrected chi connectivity index (χ1v) is 11.8. The minimum absolute atomic E-state index is 0.235. The van der Waals surface area contributed by atoms with E-state index in [4.69, 9.17) is 13.7 Å². The van der Waals surface area contributed by atoms with E-state index < -0.39 is 8.32 Å². The maximum atomic E-state index is 6.23. The maximum Gasteiger partial charge on any atom is 0.487 e. The molecule has 23 heavy (non-hydrogen) atoms. The molecular formula is C18H37BO3Si. The summed E-state index contributed by atoms with van der Waals surface area (Å²) in [4.78, 5) is 0. The van der Waals surface area contributed by atoms with Crippen LogP contribution in [-0.2, 0) is 13.7 Å². The zero-order valence-electron chi connectivity index (χ0n) is 17.0. The fourth-order valence-corrected chi connectivity index (χ4v) is 3.25. The summed E-state index contributed by atoms with van der Waals surface area (Å²) in [5, 5.41) is 0.278. The molecule has 1 fully saturated rings. The molecule has 1 saturated heterocycles. The minimum Gasteiger partial charge on any atom is -0.417 e. The number of allylic oxidation sites excluding steroid dienone is 1. The third kappa shape index (κ3) is 5.45. The Labute approximate surface area is 145 Å². The summed E-state index contributed by atoms with van der Waals surface area (Å²) in [6, 6.07) is 0. The topological polar surface area (TPSA) is 27.7 Å². The van der Waals surface area contributed by atoms with E-state index in [1.54, 1.807) is 0 Å². The van der Waals surface area contributed by atoms with Crippen molar-refractivity contribution in [2.24, 2.45) is 0 Å². The normalized spacial score (nSPS) is 21.8. The monoisotopic (exact) mass is 340 g/mol. The Balaban J connectivity index is 2.42. The van der Waals surface area contributed by atoms with Gasteiger partial charge in [0.15, 0.2) is 8.32 Å². The molecule has 1 heterocycles. The summed E-state index contributed by atoms with van der Waals surface area (Å²) in [5.74, 6) is 2.11. The Morgan fingerprint density at radius 1 is 1.09 bits per heavy atom. The highest BCUT2D eigenvalue weighted by molar-refractivity contribution is 6.74. The molecule has 0 aromatic heterocycles. The highest BCUT2D eigenvalue weighted by Crippen LogP contribution is 2.38. The maximum absolute atomic E-state index is 6.23. The second-order valence-electron chi connectivity index (χ2n) is 9.35. The second-order valence-corrected chi connectivity index (χ2v) is 14.2. The van der Waals surface area contributed by atoms with Crippen LogP contribution >= 0.6 is 0 Å². The van der Waals surface area contributed by atoms with Gasteiger partial charge in [0.2, 0.25) is 0 Å². The van der Waals surface area contributed by atoms with Crippen LogP contribution in [0.4, 0.5) is 0 Å². The lowest BCUT2D eigenvalue weighted by Crippen LogP contribution is -2.41. The van der Waals surface area contributed by atoms with Gasteiger partial charge in [-0.1, -0.05) is 32.3 Å². The standard InChI is InChI=1S/C18H37BO3Si/c1-15(12-11-13-20-23(9,10)16(2,3)4)14-19-21-17(5,6)18(7,8)22-19/h14H,11-13H2,1-10H3/b15-14+. The van der Waals surface area contributed by atoms with Gasteiger partial charge in [0.05, 0.1) is 11.2 Å². The second kappa shape index (κ2) is 7.03. The van der Waals surface area contributed by atoms with Gasteiger partial charge in [0, 0.05) is 6.61 Å². The molecule has 1 aliphatic rings. The predicted molar refractivity (Wildman–Crippen MR) is 102 cm³/mol. The largest absolute Gasteiger partial charge is 0.487 e. The smallest absolute Gasteiger partial charge is 0.417 e. The lowest BCUT2D eigenvalue weighted by atomic mass is 9.86. The quantitative estimate of drug-likeness (QED) is 0.481. The highest BCUT2D eigenvalue weighted by Gasteiger charge is 2.50.